The average molecular weight is 229 g/mol. The molecule has 0 spiro atoms. The van der Waals surface area contributed by atoms with Crippen molar-refractivity contribution in [1.82, 2.24) is 0 Å². The molecule has 0 aliphatic carbocycles. The third-order valence-electron chi connectivity index (χ3n) is 3.09. The van der Waals surface area contributed by atoms with Crippen molar-refractivity contribution in [3.8, 4) is 0 Å². The van der Waals surface area contributed by atoms with Crippen molar-refractivity contribution in [1.29, 1.82) is 0 Å². The summed E-state index contributed by atoms with van der Waals surface area (Å²) >= 11 is 0. The highest BCUT2D eigenvalue weighted by molar-refractivity contribution is 4.68. The van der Waals surface area contributed by atoms with Crippen LogP contribution >= 0.6 is 0 Å². The monoisotopic (exact) mass is 229 g/mol. The number of ether oxygens (including phenoxy) is 1. The van der Waals surface area contributed by atoms with Gasteiger partial charge in [-0.1, -0.05) is 46.5 Å². The molecule has 0 aromatic carbocycles. The van der Waals surface area contributed by atoms with Crippen molar-refractivity contribution in [2.24, 2.45) is 11.1 Å². The standard InChI is InChI=1S/C14H31NO/c1-4-5-6-8-11-16-12-9-7-10-14(2,3)13-15/h4-13,15H2,1-3H3. The summed E-state index contributed by atoms with van der Waals surface area (Å²) in [6.07, 6.45) is 8.81. The average Bonchev–Trinajstić information content (AvgIpc) is 2.27. The van der Waals surface area contributed by atoms with E-state index >= 15 is 0 Å². The van der Waals surface area contributed by atoms with Crippen molar-refractivity contribution in [2.75, 3.05) is 19.8 Å². The molecule has 0 radical (unpaired) electrons. The zero-order valence-corrected chi connectivity index (χ0v) is 11.6. The van der Waals surface area contributed by atoms with Crippen LogP contribution in [0.1, 0.15) is 65.7 Å². The van der Waals surface area contributed by atoms with Gasteiger partial charge in [0, 0.05) is 13.2 Å². The lowest BCUT2D eigenvalue weighted by Crippen LogP contribution is -2.23. The second-order valence-corrected chi connectivity index (χ2v) is 5.50. The Labute approximate surface area is 102 Å². The van der Waals surface area contributed by atoms with E-state index < -0.39 is 0 Å². The van der Waals surface area contributed by atoms with Crippen LogP contribution in [0, 0.1) is 5.41 Å². The molecule has 2 nitrogen and oxygen atoms in total. The van der Waals surface area contributed by atoms with Gasteiger partial charge >= 0.3 is 0 Å². The summed E-state index contributed by atoms with van der Waals surface area (Å²) in [6, 6.07) is 0. The Kier molecular flexibility index (Phi) is 10.0. The highest BCUT2D eigenvalue weighted by Crippen LogP contribution is 2.21. The first-order valence-electron chi connectivity index (χ1n) is 6.90. The second kappa shape index (κ2) is 10.1. The number of unbranched alkanes of at least 4 members (excludes halogenated alkanes) is 4. The fraction of sp³-hybridized carbons (Fsp3) is 1.00. The minimum atomic E-state index is 0.307. The SMILES string of the molecule is CCCCCCOCCCCC(C)(C)CN. The van der Waals surface area contributed by atoms with Crippen LogP contribution in [0.3, 0.4) is 0 Å². The van der Waals surface area contributed by atoms with Crippen molar-refractivity contribution < 1.29 is 4.74 Å². The molecule has 0 saturated carbocycles. The molecule has 16 heavy (non-hydrogen) atoms. The Morgan fingerprint density at radius 2 is 1.56 bits per heavy atom. The predicted molar refractivity (Wildman–Crippen MR) is 71.6 cm³/mol. The molecule has 0 rings (SSSR count). The third-order valence-corrected chi connectivity index (χ3v) is 3.09. The fourth-order valence-electron chi connectivity index (χ4n) is 1.64. The van der Waals surface area contributed by atoms with E-state index in [4.69, 9.17) is 10.5 Å². The van der Waals surface area contributed by atoms with Gasteiger partial charge in [-0.2, -0.15) is 0 Å². The molecule has 2 heteroatoms. The zero-order chi connectivity index (χ0) is 12.3. The number of hydrogen-bond acceptors (Lipinski definition) is 2. The summed E-state index contributed by atoms with van der Waals surface area (Å²) in [7, 11) is 0. The zero-order valence-electron chi connectivity index (χ0n) is 11.6. The molecule has 0 fully saturated rings. The van der Waals surface area contributed by atoms with E-state index in [9.17, 15) is 0 Å². The lowest BCUT2D eigenvalue weighted by molar-refractivity contribution is 0.123. The molecule has 0 aliphatic heterocycles. The molecule has 98 valence electrons. The first-order chi connectivity index (χ1) is 7.62. The Morgan fingerprint density at radius 1 is 0.938 bits per heavy atom. The van der Waals surface area contributed by atoms with Gasteiger partial charge in [0.05, 0.1) is 0 Å². The van der Waals surface area contributed by atoms with Crippen LogP contribution in [0.5, 0.6) is 0 Å². The molecule has 0 saturated heterocycles. The van der Waals surface area contributed by atoms with Crippen LogP contribution in [0.2, 0.25) is 0 Å². The van der Waals surface area contributed by atoms with E-state index in [-0.39, 0.29) is 0 Å². The van der Waals surface area contributed by atoms with Gasteiger partial charge in [-0.05, 0) is 31.2 Å². The molecule has 0 amide bonds. The van der Waals surface area contributed by atoms with E-state index in [1.54, 1.807) is 0 Å². The Bertz CT molecular complexity index is 146. The van der Waals surface area contributed by atoms with E-state index in [1.165, 1.54) is 44.9 Å². The fourth-order valence-corrected chi connectivity index (χ4v) is 1.64. The smallest absolute Gasteiger partial charge is 0.0466 e. The minimum absolute atomic E-state index is 0.307. The first kappa shape index (κ1) is 15.9. The van der Waals surface area contributed by atoms with Gasteiger partial charge in [-0.3, -0.25) is 0 Å². The maximum Gasteiger partial charge on any atom is 0.0466 e. The van der Waals surface area contributed by atoms with Crippen molar-refractivity contribution >= 4 is 0 Å². The largest absolute Gasteiger partial charge is 0.381 e. The summed E-state index contributed by atoms with van der Waals surface area (Å²) in [4.78, 5) is 0. The third kappa shape index (κ3) is 10.4. The number of nitrogens with two attached hydrogens (primary N) is 1. The minimum Gasteiger partial charge on any atom is -0.381 e. The van der Waals surface area contributed by atoms with Crippen LogP contribution in [0.25, 0.3) is 0 Å². The van der Waals surface area contributed by atoms with Crippen molar-refractivity contribution in [3.05, 3.63) is 0 Å². The van der Waals surface area contributed by atoms with Gasteiger partial charge < -0.3 is 10.5 Å². The molecule has 0 aromatic heterocycles. The summed E-state index contributed by atoms with van der Waals surface area (Å²) in [5.74, 6) is 0. The van der Waals surface area contributed by atoms with Crippen LogP contribution in [-0.2, 0) is 4.74 Å². The molecule has 0 heterocycles. The first-order valence-corrected chi connectivity index (χ1v) is 6.90. The second-order valence-electron chi connectivity index (χ2n) is 5.50. The van der Waals surface area contributed by atoms with Gasteiger partial charge in [0.2, 0.25) is 0 Å². The molecule has 0 aromatic rings. The van der Waals surface area contributed by atoms with E-state index in [0.717, 1.165) is 19.8 Å². The molecular formula is C14H31NO. The quantitative estimate of drug-likeness (QED) is 0.548. The Hall–Kier alpha value is -0.0800. The molecule has 0 aliphatic rings. The van der Waals surface area contributed by atoms with Gasteiger partial charge in [-0.25, -0.2) is 0 Å². The van der Waals surface area contributed by atoms with Crippen LogP contribution in [0.15, 0.2) is 0 Å². The highest BCUT2D eigenvalue weighted by atomic mass is 16.5. The van der Waals surface area contributed by atoms with Gasteiger partial charge in [0.25, 0.3) is 0 Å². The summed E-state index contributed by atoms with van der Waals surface area (Å²) in [5.41, 5.74) is 5.99. The predicted octanol–water partition coefficient (Wildman–Crippen LogP) is 3.74. The molecule has 0 unspecified atom stereocenters. The van der Waals surface area contributed by atoms with E-state index in [0.29, 0.717) is 5.41 Å². The Morgan fingerprint density at radius 3 is 2.12 bits per heavy atom. The topological polar surface area (TPSA) is 35.2 Å². The maximum atomic E-state index is 5.68. The lowest BCUT2D eigenvalue weighted by Gasteiger charge is -2.21. The summed E-state index contributed by atoms with van der Waals surface area (Å²) in [6.45, 7) is 9.36. The van der Waals surface area contributed by atoms with Gasteiger partial charge in [0.15, 0.2) is 0 Å². The van der Waals surface area contributed by atoms with Crippen molar-refractivity contribution in [2.45, 2.75) is 65.7 Å². The summed E-state index contributed by atoms with van der Waals surface area (Å²) in [5, 5.41) is 0. The summed E-state index contributed by atoms with van der Waals surface area (Å²) < 4.78 is 5.60. The molecular weight excluding hydrogens is 198 g/mol. The van der Waals surface area contributed by atoms with Gasteiger partial charge in [-0.15, -0.1) is 0 Å². The maximum absolute atomic E-state index is 5.68. The van der Waals surface area contributed by atoms with Crippen LogP contribution < -0.4 is 5.73 Å². The van der Waals surface area contributed by atoms with Gasteiger partial charge in [0.1, 0.15) is 0 Å². The van der Waals surface area contributed by atoms with E-state index in [1.807, 2.05) is 0 Å². The van der Waals surface area contributed by atoms with Crippen LogP contribution in [0.4, 0.5) is 0 Å². The number of hydrogen-bond donors (Lipinski definition) is 1. The van der Waals surface area contributed by atoms with Crippen LogP contribution in [-0.4, -0.2) is 19.8 Å². The highest BCUT2D eigenvalue weighted by Gasteiger charge is 2.13. The molecule has 0 bridgehead atoms. The molecule has 0 atom stereocenters. The number of rotatable bonds is 11. The normalized spacial score (nSPS) is 12.0. The molecule has 2 N–H and O–H groups in total. The lowest BCUT2D eigenvalue weighted by atomic mass is 9.87. The van der Waals surface area contributed by atoms with E-state index in [2.05, 4.69) is 20.8 Å². The Balaban J connectivity index is 3.10. The van der Waals surface area contributed by atoms with Crippen molar-refractivity contribution in [3.63, 3.8) is 0 Å².